The van der Waals surface area contributed by atoms with Gasteiger partial charge in [0.2, 0.25) is 0 Å². The van der Waals surface area contributed by atoms with Gasteiger partial charge in [-0.15, -0.1) is 11.3 Å². The Morgan fingerprint density at radius 3 is 2.76 bits per heavy atom. The average Bonchev–Trinajstić information content (AvgIpc) is 2.92. The zero-order chi connectivity index (χ0) is 15.2. The standard InChI is InChI=1S/C17H27NO2S/c1-12(2)15-6-4-5-7-16(15)18-11-14-9-8-13(21-14)10-17(19)20-3/h8-9,12,15-16,18H,4-7,10-11H2,1-3H3. The van der Waals surface area contributed by atoms with E-state index in [1.165, 1.54) is 37.7 Å². The van der Waals surface area contributed by atoms with Crippen molar-refractivity contribution in [2.45, 2.75) is 58.5 Å². The Kier molecular flexibility index (Phi) is 6.24. The largest absolute Gasteiger partial charge is 0.469 e. The van der Waals surface area contributed by atoms with E-state index in [1.54, 1.807) is 11.3 Å². The number of thiophene rings is 1. The molecular weight excluding hydrogens is 282 g/mol. The predicted molar refractivity (Wildman–Crippen MR) is 87.5 cm³/mol. The second-order valence-electron chi connectivity index (χ2n) is 6.30. The Bertz CT molecular complexity index is 455. The average molecular weight is 309 g/mol. The summed E-state index contributed by atoms with van der Waals surface area (Å²) in [6.07, 6.45) is 5.76. The molecule has 1 aromatic rings. The minimum atomic E-state index is -0.163. The molecule has 1 N–H and O–H groups in total. The van der Waals surface area contributed by atoms with Crippen LogP contribution >= 0.6 is 11.3 Å². The number of carbonyl (C=O) groups is 1. The molecule has 1 aliphatic carbocycles. The van der Waals surface area contributed by atoms with Gasteiger partial charge in [0.05, 0.1) is 13.5 Å². The van der Waals surface area contributed by atoms with Crippen LogP contribution < -0.4 is 5.32 Å². The molecule has 21 heavy (non-hydrogen) atoms. The summed E-state index contributed by atoms with van der Waals surface area (Å²) >= 11 is 1.71. The van der Waals surface area contributed by atoms with Crippen molar-refractivity contribution in [3.63, 3.8) is 0 Å². The summed E-state index contributed by atoms with van der Waals surface area (Å²) in [5.74, 6) is 1.39. The zero-order valence-corrected chi connectivity index (χ0v) is 14.2. The Morgan fingerprint density at radius 2 is 2.05 bits per heavy atom. The van der Waals surface area contributed by atoms with Gasteiger partial charge in [0.15, 0.2) is 0 Å². The molecule has 0 amide bonds. The first-order valence-corrected chi connectivity index (χ1v) is 8.79. The molecule has 2 rings (SSSR count). The molecule has 0 aromatic carbocycles. The van der Waals surface area contributed by atoms with E-state index < -0.39 is 0 Å². The molecule has 2 unspecified atom stereocenters. The molecule has 0 spiro atoms. The number of rotatable bonds is 6. The summed E-state index contributed by atoms with van der Waals surface area (Å²) in [7, 11) is 1.44. The normalized spacial score (nSPS) is 22.5. The summed E-state index contributed by atoms with van der Waals surface area (Å²) in [6, 6.07) is 4.81. The van der Waals surface area contributed by atoms with Gasteiger partial charge in [-0.25, -0.2) is 0 Å². The Hall–Kier alpha value is -0.870. The minimum Gasteiger partial charge on any atom is -0.469 e. The molecule has 2 atom stereocenters. The van der Waals surface area contributed by atoms with E-state index in [0.717, 1.165) is 23.3 Å². The molecule has 4 heteroatoms. The van der Waals surface area contributed by atoms with Crippen LogP contribution in [0.25, 0.3) is 0 Å². The second-order valence-corrected chi connectivity index (χ2v) is 7.55. The summed E-state index contributed by atoms with van der Waals surface area (Å²) in [4.78, 5) is 13.7. The quantitative estimate of drug-likeness (QED) is 0.813. The molecule has 3 nitrogen and oxygen atoms in total. The highest BCUT2D eigenvalue weighted by Crippen LogP contribution is 2.30. The molecule has 1 fully saturated rings. The van der Waals surface area contributed by atoms with Crippen LogP contribution in [-0.4, -0.2) is 19.1 Å². The monoisotopic (exact) mass is 309 g/mol. The van der Waals surface area contributed by atoms with Crippen LogP contribution in [0.15, 0.2) is 12.1 Å². The van der Waals surface area contributed by atoms with Crippen molar-refractivity contribution in [2.75, 3.05) is 7.11 Å². The van der Waals surface area contributed by atoms with E-state index in [2.05, 4.69) is 25.2 Å². The number of ether oxygens (including phenoxy) is 1. The fourth-order valence-corrected chi connectivity index (χ4v) is 4.22. The van der Waals surface area contributed by atoms with Gasteiger partial charge in [-0.05, 0) is 36.8 Å². The van der Waals surface area contributed by atoms with Crippen molar-refractivity contribution >= 4 is 17.3 Å². The van der Waals surface area contributed by atoms with Gasteiger partial charge in [-0.2, -0.15) is 0 Å². The highest BCUT2D eigenvalue weighted by atomic mass is 32.1. The molecule has 1 heterocycles. The van der Waals surface area contributed by atoms with E-state index in [4.69, 9.17) is 4.74 Å². The molecule has 1 aliphatic rings. The maximum Gasteiger partial charge on any atom is 0.310 e. The fraction of sp³-hybridized carbons (Fsp3) is 0.706. The maximum absolute atomic E-state index is 11.3. The molecule has 0 aliphatic heterocycles. The molecule has 118 valence electrons. The van der Waals surface area contributed by atoms with Crippen molar-refractivity contribution in [1.82, 2.24) is 5.32 Å². The molecular formula is C17H27NO2S. The van der Waals surface area contributed by atoms with Crippen LogP contribution in [0.5, 0.6) is 0 Å². The van der Waals surface area contributed by atoms with Crippen LogP contribution in [0.3, 0.4) is 0 Å². The van der Waals surface area contributed by atoms with E-state index >= 15 is 0 Å². The van der Waals surface area contributed by atoms with Crippen molar-refractivity contribution in [3.8, 4) is 0 Å². The number of nitrogens with one attached hydrogen (secondary N) is 1. The third-order valence-corrected chi connectivity index (χ3v) is 5.56. The summed E-state index contributed by atoms with van der Waals surface area (Å²) in [5, 5.41) is 3.74. The minimum absolute atomic E-state index is 0.163. The van der Waals surface area contributed by atoms with Gasteiger partial charge in [0.1, 0.15) is 0 Å². The van der Waals surface area contributed by atoms with Crippen molar-refractivity contribution < 1.29 is 9.53 Å². The van der Waals surface area contributed by atoms with E-state index in [-0.39, 0.29) is 5.97 Å². The number of carbonyl (C=O) groups excluding carboxylic acids is 1. The lowest BCUT2D eigenvalue weighted by Gasteiger charge is -2.35. The van der Waals surface area contributed by atoms with Crippen LogP contribution in [0, 0.1) is 11.8 Å². The molecule has 0 saturated heterocycles. The zero-order valence-electron chi connectivity index (χ0n) is 13.4. The number of methoxy groups -OCH3 is 1. The number of hydrogen-bond donors (Lipinski definition) is 1. The first-order valence-electron chi connectivity index (χ1n) is 7.98. The summed E-state index contributed by atoms with van der Waals surface area (Å²) in [6.45, 7) is 5.59. The lowest BCUT2D eigenvalue weighted by Crippen LogP contribution is -2.40. The van der Waals surface area contributed by atoms with Gasteiger partial charge in [0.25, 0.3) is 0 Å². The summed E-state index contributed by atoms with van der Waals surface area (Å²) in [5.41, 5.74) is 0. The number of esters is 1. The van der Waals surface area contributed by atoms with E-state index in [9.17, 15) is 4.79 Å². The van der Waals surface area contributed by atoms with Crippen molar-refractivity contribution in [3.05, 3.63) is 21.9 Å². The van der Waals surface area contributed by atoms with Gasteiger partial charge in [-0.1, -0.05) is 26.7 Å². The van der Waals surface area contributed by atoms with Crippen molar-refractivity contribution in [2.24, 2.45) is 11.8 Å². The van der Waals surface area contributed by atoms with E-state index in [1.807, 2.05) is 6.07 Å². The second kappa shape index (κ2) is 7.95. The van der Waals surface area contributed by atoms with Crippen LogP contribution in [0.2, 0.25) is 0 Å². The molecule has 1 saturated carbocycles. The lowest BCUT2D eigenvalue weighted by molar-refractivity contribution is -0.139. The highest BCUT2D eigenvalue weighted by Gasteiger charge is 2.26. The first-order chi connectivity index (χ1) is 10.1. The van der Waals surface area contributed by atoms with E-state index in [0.29, 0.717) is 12.5 Å². The first kappa shape index (κ1) is 16.5. The third kappa shape index (κ3) is 4.82. The Balaban J connectivity index is 1.85. The predicted octanol–water partition coefficient (Wildman–Crippen LogP) is 3.77. The Labute approximate surface area is 132 Å². The van der Waals surface area contributed by atoms with Crippen molar-refractivity contribution in [1.29, 1.82) is 0 Å². The van der Waals surface area contributed by atoms with Gasteiger partial charge in [-0.3, -0.25) is 4.79 Å². The van der Waals surface area contributed by atoms with Crippen LogP contribution in [-0.2, 0) is 22.5 Å². The SMILES string of the molecule is COC(=O)Cc1ccc(CNC2CCCCC2C(C)C)s1. The topological polar surface area (TPSA) is 38.3 Å². The maximum atomic E-state index is 11.3. The fourth-order valence-electron chi connectivity index (χ4n) is 3.27. The van der Waals surface area contributed by atoms with Gasteiger partial charge in [0, 0.05) is 22.3 Å². The molecule has 0 bridgehead atoms. The van der Waals surface area contributed by atoms with Crippen LogP contribution in [0.4, 0.5) is 0 Å². The lowest BCUT2D eigenvalue weighted by atomic mass is 9.78. The molecule has 1 aromatic heterocycles. The molecule has 0 radical (unpaired) electrons. The van der Waals surface area contributed by atoms with Gasteiger partial charge >= 0.3 is 5.97 Å². The third-order valence-electron chi connectivity index (χ3n) is 4.48. The highest BCUT2D eigenvalue weighted by molar-refractivity contribution is 7.12. The smallest absolute Gasteiger partial charge is 0.310 e. The Morgan fingerprint density at radius 1 is 1.33 bits per heavy atom. The van der Waals surface area contributed by atoms with Gasteiger partial charge < -0.3 is 10.1 Å². The van der Waals surface area contributed by atoms with Crippen LogP contribution in [0.1, 0.15) is 49.3 Å². The summed E-state index contributed by atoms with van der Waals surface area (Å²) < 4.78 is 4.71. The number of hydrogen-bond acceptors (Lipinski definition) is 4.